The van der Waals surface area contributed by atoms with Crippen LogP contribution in [0, 0.1) is 0 Å². The first-order chi connectivity index (χ1) is 7.95. The van der Waals surface area contributed by atoms with E-state index in [1.807, 2.05) is 0 Å². The minimum Gasteiger partial charge on any atom is -0.0808 e. The Bertz CT molecular complexity index is 404. The average Bonchev–Trinajstić information content (AvgIpc) is 3.02. The smallest absolute Gasteiger partial charge is 0.0808 e. The fraction of sp³-hybridized carbons (Fsp3) is 0.200. The van der Waals surface area contributed by atoms with Gasteiger partial charge >= 0.3 is 29.6 Å². The van der Waals surface area contributed by atoms with E-state index in [9.17, 15) is 0 Å². The summed E-state index contributed by atoms with van der Waals surface area (Å²) in [6.07, 6.45) is 24.0. The van der Waals surface area contributed by atoms with Crippen molar-refractivity contribution in [3.05, 3.63) is 70.3 Å². The van der Waals surface area contributed by atoms with Gasteiger partial charge in [-0.05, 0) is 19.3 Å². The van der Waals surface area contributed by atoms with Gasteiger partial charge in [0.25, 0.3) is 0 Å². The van der Waals surface area contributed by atoms with Crippen LogP contribution in [0.3, 0.4) is 0 Å². The van der Waals surface area contributed by atoms with Gasteiger partial charge in [0.2, 0.25) is 0 Å². The SMILES string of the molecule is C1=CCC([Si](C2=CC=CC2)C2=CC=CC2)=C1.[Na+]. The third kappa shape index (κ3) is 2.74. The molecule has 0 spiro atoms. The molecule has 0 aromatic rings. The molecule has 0 heterocycles. The van der Waals surface area contributed by atoms with Crippen LogP contribution in [0.2, 0.25) is 0 Å². The Hall–Kier alpha value is -0.343. The van der Waals surface area contributed by atoms with E-state index in [2.05, 4.69) is 54.7 Å². The predicted octanol–water partition coefficient (Wildman–Crippen LogP) is 0.762. The van der Waals surface area contributed by atoms with E-state index in [1.165, 1.54) is 19.3 Å². The molecule has 79 valence electrons. The molecule has 0 atom stereocenters. The summed E-state index contributed by atoms with van der Waals surface area (Å²) in [6, 6.07) is 0. The second-order valence-electron chi connectivity index (χ2n) is 4.35. The molecule has 3 rings (SSSR count). The van der Waals surface area contributed by atoms with Crippen LogP contribution in [0.5, 0.6) is 0 Å². The van der Waals surface area contributed by atoms with E-state index in [1.54, 1.807) is 15.6 Å². The molecule has 0 aliphatic heterocycles. The van der Waals surface area contributed by atoms with Crippen LogP contribution in [0.1, 0.15) is 19.3 Å². The second kappa shape index (κ2) is 6.01. The van der Waals surface area contributed by atoms with Crippen LogP contribution >= 0.6 is 0 Å². The zero-order valence-electron chi connectivity index (χ0n) is 10.3. The summed E-state index contributed by atoms with van der Waals surface area (Å²) in [5, 5.41) is 4.99. The molecule has 0 bridgehead atoms. The van der Waals surface area contributed by atoms with Crippen molar-refractivity contribution in [3.63, 3.8) is 0 Å². The molecule has 0 amide bonds. The third-order valence-electron chi connectivity index (χ3n) is 3.28. The van der Waals surface area contributed by atoms with Gasteiger partial charge < -0.3 is 0 Å². The minimum atomic E-state index is -0.582. The van der Waals surface area contributed by atoms with Crippen molar-refractivity contribution in [2.24, 2.45) is 0 Å². The van der Waals surface area contributed by atoms with E-state index < -0.39 is 8.80 Å². The zero-order valence-corrected chi connectivity index (χ0v) is 13.3. The summed E-state index contributed by atoms with van der Waals surface area (Å²) in [6.45, 7) is 0. The maximum absolute atomic E-state index is 2.34. The Morgan fingerprint density at radius 3 is 1.24 bits per heavy atom. The number of rotatable bonds is 3. The summed E-state index contributed by atoms with van der Waals surface area (Å²) < 4.78 is 0. The Labute approximate surface area is 127 Å². The van der Waals surface area contributed by atoms with Crippen molar-refractivity contribution >= 4 is 8.80 Å². The van der Waals surface area contributed by atoms with Crippen LogP contribution in [-0.4, -0.2) is 8.80 Å². The Morgan fingerprint density at radius 1 is 0.647 bits per heavy atom. The molecule has 17 heavy (non-hydrogen) atoms. The molecular weight excluding hydrogens is 231 g/mol. The molecule has 0 unspecified atom stereocenters. The predicted molar refractivity (Wildman–Crippen MR) is 71.3 cm³/mol. The largest absolute Gasteiger partial charge is 1.00 e. The molecule has 1 radical (unpaired) electrons. The van der Waals surface area contributed by atoms with Gasteiger partial charge in [-0.25, -0.2) is 0 Å². The van der Waals surface area contributed by atoms with E-state index >= 15 is 0 Å². The van der Waals surface area contributed by atoms with Gasteiger partial charge in [-0.1, -0.05) is 70.3 Å². The fourth-order valence-corrected chi connectivity index (χ4v) is 5.51. The first-order valence-corrected chi connectivity index (χ1v) is 7.40. The molecule has 0 saturated heterocycles. The maximum Gasteiger partial charge on any atom is 1.00 e. The number of allylic oxidation sites excluding steroid dienone is 12. The Kier molecular flexibility index (Phi) is 4.63. The van der Waals surface area contributed by atoms with Crippen LogP contribution < -0.4 is 29.6 Å². The number of hydrogen-bond donors (Lipinski definition) is 0. The summed E-state index contributed by atoms with van der Waals surface area (Å²) >= 11 is 0. The van der Waals surface area contributed by atoms with Gasteiger partial charge in [-0.2, -0.15) is 0 Å². The van der Waals surface area contributed by atoms with Crippen molar-refractivity contribution in [2.45, 2.75) is 19.3 Å². The molecule has 3 aliphatic carbocycles. The molecule has 3 aliphatic rings. The van der Waals surface area contributed by atoms with E-state index in [0.29, 0.717) is 0 Å². The topological polar surface area (TPSA) is 0 Å². The zero-order chi connectivity index (χ0) is 10.8. The Balaban J connectivity index is 0.00000108. The van der Waals surface area contributed by atoms with Gasteiger partial charge in [0, 0.05) is 0 Å². The van der Waals surface area contributed by atoms with Crippen molar-refractivity contribution in [1.82, 2.24) is 0 Å². The minimum absolute atomic E-state index is 0. The summed E-state index contributed by atoms with van der Waals surface area (Å²) in [5.41, 5.74) is 0. The molecule has 0 nitrogen and oxygen atoms in total. The molecule has 0 fully saturated rings. The molecule has 0 aromatic carbocycles. The van der Waals surface area contributed by atoms with Crippen molar-refractivity contribution in [3.8, 4) is 0 Å². The molecule has 0 aromatic heterocycles. The first-order valence-electron chi connectivity index (χ1n) is 5.90. The quantitative estimate of drug-likeness (QED) is 0.645. The van der Waals surface area contributed by atoms with Crippen molar-refractivity contribution in [2.75, 3.05) is 0 Å². The van der Waals surface area contributed by atoms with Crippen LogP contribution in [0.4, 0.5) is 0 Å². The van der Waals surface area contributed by atoms with E-state index in [4.69, 9.17) is 0 Å². The van der Waals surface area contributed by atoms with Crippen molar-refractivity contribution < 1.29 is 29.6 Å². The summed E-state index contributed by atoms with van der Waals surface area (Å²) in [4.78, 5) is 0. The fourth-order valence-electron chi connectivity index (χ4n) is 2.52. The maximum atomic E-state index is 2.34. The van der Waals surface area contributed by atoms with Gasteiger partial charge in [-0.3, -0.25) is 0 Å². The van der Waals surface area contributed by atoms with E-state index in [-0.39, 0.29) is 29.6 Å². The second-order valence-corrected chi connectivity index (χ2v) is 7.02. The monoisotopic (exact) mass is 246 g/mol. The Morgan fingerprint density at radius 2 is 1.00 bits per heavy atom. The standard InChI is InChI=1S/C15H15Si.Na/c1-2-8-13(7-1)16(14-9-3-4-10-14)15-11-5-6-12-15;/h1-7,9,11H,8,10,12H2;/q;+1. The van der Waals surface area contributed by atoms with Crippen molar-refractivity contribution in [1.29, 1.82) is 0 Å². The van der Waals surface area contributed by atoms with E-state index in [0.717, 1.165) is 0 Å². The van der Waals surface area contributed by atoms with Crippen LogP contribution in [-0.2, 0) is 0 Å². The first kappa shape index (κ1) is 13.1. The normalized spacial score (nSPS) is 20.6. The van der Waals surface area contributed by atoms with Crippen LogP contribution in [0.25, 0.3) is 0 Å². The van der Waals surface area contributed by atoms with Gasteiger partial charge in [0.1, 0.15) is 8.80 Å². The van der Waals surface area contributed by atoms with Gasteiger partial charge in [0.15, 0.2) is 0 Å². The summed E-state index contributed by atoms with van der Waals surface area (Å²) in [7, 11) is -0.582. The molecule has 0 saturated carbocycles. The third-order valence-corrected chi connectivity index (χ3v) is 6.32. The average molecular weight is 246 g/mol. The molecule has 2 heteroatoms. The van der Waals surface area contributed by atoms with Gasteiger partial charge in [0.05, 0.1) is 0 Å². The molecule has 0 N–H and O–H groups in total. The van der Waals surface area contributed by atoms with Gasteiger partial charge in [-0.15, -0.1) is 0 Å². The number of hydrogen-bond acceptors (Lipinski definition) is 0. The molecular formula is C15H15NaSi+. The van der Waals surface area contributed by atoms with Crippen LogP contribution in [0.15, 0.2) is 70.3 Å². The summed E-state index contributed by atoms with van der Waals surface area (Å²) in [5.74, 6) is 0.